The Morgan fingerprint density at radius 3 is 2.75 bits per heavy atom. The first-order chi connectivity index (χ1) is 17.4. The van der Waals surface area contributed by atoms with Crippen LogP contribution in [0.1, 0.15) is 61.0 Å². The maximum atomic E-state index is 13.6. The van der Waals surface area contributed by atoms with Crippen molar-refractivity contribution >= 4 is 17.4 Å². The summed E-state index contributed by atoms with van der Waals surface area (Å²) in [6, 6.07) is 11.2. The van der Waals surface area contributed by atoms with Crippen LogP contribution in [0.25, 0.3) is 5.57 Å². The lowest BCUT2D eigenvalue weighted by Gasteiger charge is -2.37. The van der Waals surface area contributed by atoms with E-state index < -0.39 is 0 Å². The Kier molecular flexibility index (Phi) is 8.41. The van der Waals surface area contributed by atoms with Gasteiger partial charge in [-0.15, -0.1) is 0 Å². The molecule has 0 saturated carbocycles. The molecule has 0 unspecified atom stereocenters. The van der Waals surface area contributed by atoms with Gasteiger partial charge in [-0.3, -0.25) is 9.59 Å². The number of amides is 2. The number of benzene rings is 1. The predicted octanol–water partition coefficient (Wildman–Crippen LogP) is 3.96. The van der Waals surface area contributed by atoms with Gasteiger partial charge in [0.1, 0.15) is 11.7 Å². The molecule has 2 amide bonds. The Labute approximate surface area is 213 Å². The van der Waals surface area contributed by atoms with Crippen LogP contribution in [0, 0.1) is 5.92 Å². The van der Waals surface area contributed by atoms with E-state index in [0.29, 0.717) is 25.1 Å². The molecule has 7 heteroatoms. The zero-order valence-electron chi connectivity index (χ0n) is 21.5. The first-order valence-corrected chi connectivity index (χ1v) is 12.9. The molecule has 4 rings (SSSR count). The van der Waals surface area contributed by atoms with Crippen LogP contribution in [0.15, 0.2) is 48.7 Å². The minimum atomic E-state index is -0.359. The van der Waals surface area contributed by atoms with E-state index in [9.17, 15) is 14.7 Å². The van der Waals surface area contributed by atoms with E-state index in [-0.39, 0.29) is 42.4 Å². The van der Waals surface area contributed by atoms with Crippen LogP contribution in [0.3, 0.4) is 0 Å². The van der Waals surface area contributed by atoms with E-state index in [1.54, 1.807) is 23.0 Å². The monoisotopic (exact) mass is 491 g/mol. The average Bonchev–Trinajstić information content (AvgIpc) is 2.91. The fourth-order valence-electron chi connectivity index (χ4n) is 4.87. The molecule has 0 fully saturated rings. The molecule has 0 radical (unpaired) electrons. The number of aliphatic hydroxyl groups excluding tert-OH is 1. The van der Waals surface area contributed by atoms with E-state index in [2.05, 4.69) is 11.1 Å². The van der Waals surface area contributed by atoms with Crippen molar-refractivity contribution in [3.63, 3.8) is 0 Å². The van der Waals surface area contributed by atoms with Gasteiger partial charge in [-0.1, -0.05) is 43.3 Å². The molecule has 192 valence electrons. The van der Waals surface area contributed by atoms with Crippen LogP contribution in [0.4, 0.5) is 0 Å². The number of rotatable bonds is 7. The van der Waals surface area contributed by atoms with E-state index in [1.165, 1.54) is 12.0 Å². The molecular formula is C29H37N3O4. The normalized spacial score (nSPS) is 20.9. The third-order valence-corrected chi connectivity index (χ3v) is 7.26. The van der Waals surface area contributed by atoms with E-state index in [1.807, 2.05) is 50.2 Å². The van der Waals surface area contributed by atoms with Gasteiger partial charge in [-0.2, -0.15) is 0 Å². The summed E-state index contributed by atoms with van der Waals surface area (Å²) in [5, 5.41) is 9.88. The maximum Gasteiger partial charge on any atom is 0.259 e. The number of aromatic nitrogens is 1. The number of nitrogens with zero attached hydrogens (tertiary/aromatic N) is 3. The summed E-state index contributed by atoms with van der Waals surface area (Å²) in [6.45, 7) is 4.51. The van der Waals surface area contributed by atoms with Crippen molar-refractivity contribution in [2.45, 2.75) is 58.1 Å². The lowest BCUT2D eigenvalue weighted by Crippen LogP contribution is -2.50. The molecule has 2 aliphatic rings. The minimum Gasteiger partial charge on any atom is -0.472 e. The number of carbonyl (C=O) groups is 2. The van der Waals surface area contributed by atoms with E-state index in [0.717, 1.165) is 30.4 Å². The number of pyridine rings is 1. The molecule has 0 bridgehead atoms. The Morgan fingerprint density at radius 2 is 2.06 bits per heavy atom. The van der Waals surface area contributed by atoms with Crippen LogP contribution >= 0.6 is 0 Å². The zero-order valence-corrected chi connectivity index (χ0v) is 21.5. The number of allylic oxidation sites excluding steroid dienone is 2. The molecule has 36 heavy (non-hydrogen) atoms. The summed E-state index contributed by atoms with van der Waals surface area (Å²) in [6.07, 6.45) is 8.30. The maximum absolute atomic E-state index is 13.6. The molecule has 7 nitrogen and oxygen atoms in total. The molecule has 1 aromatic heterocycles. The Morgan fingerprint density at radius 1 is 1.28 bits per heavy atom. The molecule has 2 heterocycles. The Bertz CT molecular complexity index is 1100. The van der Waals surface area contributed by atoms with Crippen molar-refractivity contribution in [3.8, 4) is 5.88 Å². The summed E-state index contributed by atoms with van der Waals surface area (Å²) >= 11 is 0. The molecule has 1 N–H and O–H groups in total. The summed E-state index contributed by atoms with van der Waals surface area (Å²) in [5.41, 5.74) is 3.53. The first-order valence-electron chi connectivity index (χ1n) is 12.9. The molecule has 1 aromatic carbocycles. The molecule has 3 atom stereocenters. The van der Waals surface area contributed by atoms with Crippen LogP contribution in [0.5, 0.6) is 5.88 Å². The Balaban J connectivity index is 1.61. The van der Waals surface area contributed by atoms with Crippen molar-refractivity contribution < 1.29 is 19.4 Å². The standard InChI is InChI=1S/C29H37N3O4/c1-20-17-32(21(2)19-33)29(35)25-15-24(23-12-8-5-9-13-23)16-30-28(25)36-26(20)18-31(3)27(34)14-22-10-6-4-7-11-22/h4,6-7,10-12,15-16,20-21,26,33H,5,8-9,13-14,17-19H2,1-3H3/t20-,21+,26+/m1/s1. The van der Waals surface area contributed by atoms with Gasteiger partial charge >= 0.3 is 0 Å². The number of likely N-dealkylation sites (N-methyl/N-ethyl adjacent to an activating group) is 1. The highest BCUT2D eigenvalue weighted by molar-refractivity contribution is 5.97. The Hall–Kier alpha value is -3.19. The van der Waals surface area contributed by atoms with Crippen LogP contribution in [0.2, 0.25) is 0 Å². The fourth-order valence-corrected chi connectivity index (χ4v) is 4.87. The highest BCUT2D eigenvalue weighted by Crippen LogP contribution is 2.32. The van der Waals surface area contributed by atoms with E-state index >= 15 is 0 Å². The second kappa shape index (κ2) is 11.7. The third-order valence-electron chi connectivity index (χ3n) is 7.26. The SMILES string of the molecule is C[C@@H]1CN([C@@H](C)CO)C(=O)c2cc(C3=CCCCC3)cnc2O[C@H]1CN(C)C(=O)Cc1ccccc1. The number of aliphatic hydroxyl groups is 1. The fraction of sp³-hybridized carbons (Fsp3) is 0.483. The second-order valence-electron chi connectivity index (χ2n) is 10.1. The van der Waals surface area contributed by atoms with Crippen molar-refractivity contribution in [2.75, 3.05) is 26.7 Å². The number of carbonyl (C=O) groups excluding carboxylic acids is 2. The lowest BCUT2D eigenvalue weighted by atomic mass is 9.93. The van der Waals surface area contributed by atoms with Crippen molar-refractivity contribution in [3.05, 3.63) is 65.4 Å². The largest absolute Gasteiger partial charge is 0.472 e. The third kappa shape index (κ3) is 5.95. The van der Waals surface area contributed by atoms with Crippen molar-refractivity contribution in [2.24, 2.45) is 5.92 Å². The molecule has 0 spiro atoms. The zero-order chi connectivity index (χ0) is 25.7. The molecular weight excluding hydrogens is 454 g/mol. The summed E-state index contributed by atoms with van der Waals surface area (Å²) in [4.78, 5) is 34.6. The van der Waals surface area contributed by atoms with Crippen LogP contribution in [-0.4, -0.2) is 70.6 Å². The molecule has 1 aliphatic carbocycles. The van der Waals surface area contributed by atoms with Gasteiger partial charge in [0.05, 0.1) is 25.6 Å². The predicted molar refractivity (Wildman–Crippen MR) is 140 cm³/mol. The van der Waals surface area contributed by atoms with Crippen molar-refractivity contribution in [1.82, 2.24) is 14.8 Å². The van der Waals surface area contributed by atoms with Gasteiger partial charge in [0, 0.05) is 25.7 Å². The number of fused-ring (bicyclic) bond motifs is 1. The summed E-state index contributed by atoms with van der Waals surface area (Å²) in [5.74, 6) is 0.0287. The van der Waals surface area contributed by atoms with Gasteiger partial charge in [0.25, 0.3) is 5.91 Å². The number of ether oxygens (including phenoxy) is 1. The van der Waals surface area contributed by atoms with Gasteiger partial charge < -0.3 is 19.6 Å². The van der Waals surface area contributed by atoms with Gasteiger partial charge in [0.2, 0.25) is 11.8 Å². The smallest absolute Gasteiger partial charge is 0.259 e. The van der Waals surface area contributed by atoms with Gasteiger partial charge in [-0.25, -0.2) is 4.98 Å². The summed E-state index contributed by atoms with van der Waals surface area (Å²) in [7, 11) is 1.78. The summed E-state index contributed by atoms with van der Waals surface area (Å²) < 4.78 is 6.36. The highest BCUT2D eigenvalue weighted by atomic mass is 16.5. The topological polar surface area (TPSA) is 83.0 Å². The van der Waals surface area contributed by atoms with Crippen LogP contribution in [-0.2, 0) is 11.2 Å². The molecule has 0 saturated heterocycles. The van der Waals surface area contributed by atoms with Gasteiger partial charge in [0.15, 0.2) is 0 Å². The second-order valence-corrected chi connectivity index (χ2v) is 10.1. The van der Waals surface area contributed by atoms with Crippen LogP contribution < -0.4 is 4.74 Å². The molecule has 2 aromatic rings. The highest BCUT2D eigenvalue weighted by Gasteiger charge is 2.35. The minimum absolute atomic E-state index is 0.00323. The van der Waals surface area contributed by atoms with Crippen molar-refractivity contribution in [1.29, 1.82) is 0 Å². The molecule has 1 aliphatic heterocycles. The van der Waals surface area contributed by atoms with Gasteiger partial charge in [-0.05, 0) is 55.4 Å². The number of hydrogen-bond donors (Lipinski definition) is 1. The van der Waals surface area contributed by atoms with E-state index in [4.69, 9.17) is 4.74 Å². The lowest BCUT2D eigenvalue weighted by molar-refractivity contribution is -0.130. The quantitative estimate of drug-likeness (QED) is 0.634. The number of hydrogen-bond acceptors (Lipinski definition) is 5. The first kappa shape index (κ1) is 25.9. The average molecular weight is 492 g/mol.